The molecular weight excluding hydrogens is 407 g/mol. The van der Waals surface area contributed by atoms with Gasteiger partial charge in [0.2, 0.25) is 0 Å². The number of carbonyl (C=O) groups is 1. The Hall–Kier alpha value is -2.79. The Kier molecular flexibility index (Phi) is 5.99. The van der Waals surface area contributed by atoms with Crippen molar-refractivity contribution in [1.82, 2.24) is 9.55 Å². The number of esters is 1. The predicted molar refractivity (Wildman–Crippen MR) is 100.0 cm³/mol. The number of hydrogen-bond donors (Lipinski definition) is 1. The molecule has 1 aliphatic heterocycles. The first-order valence-electron chi connectivity index (χ1n) is 8.70. The zero-order valence-corrected chi connectivity index (χ0v) is 16.2. The number of alkyl halides is 1. The molecule has 1 saturated heterocycles. The van der Waals surface area contributed by atoms with Crippen LogP contribution in [0.25, 0.3) is 0 Å². The topological polar surface area (TPSA) is 125 Å². The molecule has 0 amide bonds. The van der Waals surface area contributed by atoms with E-state index in [1.54, 1.807) is 18.2 Å². The highest BCUT2D eigenvalue weighted by Gasteiger charge is 2.45. The quantitative estimate of drug-likeness (QED) is 0.674. The van der Waals surface area contributed by atoms with Gasteiger partial charge in [-0.2, -0.15) is 0 Å². The van der Waals surface area contributed by atoms with Crippen molar-refractivity contribution >= 4 is 15.8 Å². The number of rotatable bonds is 6. The monoisotopic (exact) mass is 426 g/mol. The van der Waals surface area contributed by atoms with Crippen molar-refractivity contribution in [1.29, 1.82) is 0 Å². The van der Waals surface area contributed by atoms with E-state index in [1.807, 2.05) is 0 Å². The van der Waals surface area contributed by atoms with Crippen LogP contribution in [-0.4, -0.2) is 47.9 Å². The molecule has 0 radical (unpaired) electrons. The summed E-state index contributed by atoms with van der Waals surface area (Å²) in [5, 5.41) is -1.32. The summed E-state index contributed by atoms with van der Waals surface area (Å²) in [5.74, 6) is -0.689. The molecule has 2 heterocycles. The van der Waals surface area contributed by atoms with Gasteiger partial charge in [0, 0.05) is 18.2 Å². The van der Waals surface area contributed by atoms with E-state index in [9.17, 15) is 27.2 Å². The maximum atomic E-state index is 13.1. The summed E-state index contributed by atoms with van der Waals surface area (Å²) < 4.78 is 49.3. The lowest BCUT2D eigenvalue weighted by atomic mass is 10.2. The number of benzene rings is 1. The smallest absolute Gasteiger partial charge is 0.338 e. The third-order valence-corrected chi connectivity index (χ3v) is 6.36. The zero-order valence-electron chi connectivity index (χ0n) is 15.4. The summed E-state index contributed by atoms with van der Waals surface area (Å²) in [6.07, 6.45) is -1.23. The highest BCUT2D eigenvalue weighted by molar-refractivity contribution is 7.91. The van der Waals surface area contributed by atoms with Crippen LogP contribution in [0.5, 0.6) is 0 Å². The highest BCUT2D eigenvalue weighted by atomic mass is 32.2. The number of halogens is 1. The van der Waals surface area contributed by atoms with Gasteiger partial charge in [0.1, 0.15) is 18.9 Å². The molecule has 2 aromatic rings. The van der Waals surface area contributed by atoms with Crippen molar-refractivity contribution in [3.05, 3.63) is 68.5 Å². The van der Waals surface area contributed by atoms with Gasteiger partial charge in [-0.25, -0.2) is 22.4 Å². The van der Waals surface area contributed by atoms with Gasteiger partial charge in [0.15, 0.2) is 15.8 Å². The van der Waals surface area contributed by atoms with Crippen LogP contribution in [0.4, 0.5) is 4.39 Å². The van der Waals surface area contributed by atoms with Crippen molar-refractivity contribution < 1.29 is 27.1 Å². The molecule has 0 aliphatic carbocycles. The fourth-order valence-electron chi connectivity index (χ4n) is 3.10. The Balaban J connectivity index is 1.83. The molecule has 156 valence electrons. The first-order chi connectivity index (χ1) is 13.7. The number of ether oxygens (including phenoxy) is 2. The summed E-state index contributed by atoms with van der Waals surface area (Å²) in [4.78, 5) is 37.8. The predicted octanol–water partition coefficient (Wildman–Crippen LogP) is 0.700. The first kappa shape index (κ1) is 20.9. The van der Waals surface area contributed by atoms with Gasteiger partial charge in [0.05, 0.1) is 10.8 Å². The number of nitrogens with zero attached hydrogens (tertiary/aromatic N) is 1. The number of carbonyl (C=O) groups excluding carboxylic acids is 1. The number of aromatic nitrogens is 2. The minimum atomic E-state index is -4.20. The first-order valence-corrected chi connectivity index (χ1v) is 10.4. The average Bonchev–Trinajstić information content (AvgIpc) is 3.14. The van der Waals surface area contributed by atoms with Gasteiger partial charge in [-0.1, -0.05) is 18.2 Å². The number of hydrogen-bond acceptors (Lipinski definition) is 7. The normalized spacial score (nSPS) is 21.8. The van der Waals surface area contributed by atoms with Crippen molar-refractivity contribution in [3.8, 4) is 0 Å². The molecule has 1 fully saturated rings. The molecule has 1 aromatic heterocycles. The van der Waals surface area contributed by atoms with Gasteiger partial charge < -0.3 is 9.47 Å². The molecule has 1 aromatic carbocycles. The molecule has 9 nitrogen and oxygen atoms in total. The van der Waals surface area contributed by atoms with Crippen molar-refractivity contribution in [2.24, 2.45) is 0 Å². The molecular formula is C18H19FN2O7S. The van der Waals surface area contributed by atoms with Crippen LogP contribution >= 0.6 is 0 Å². The second-order valence-electron chi connectivity index (χ2n) is 6.62. The van der Waals surface area contributed by atoms with Crippen LogP contribution in [-0.2, 0) is 19.3 Å². The fourth-order valence-corrected chi connectivity index (χ4v) is 4.32. The van der Waals surface area contributed by atoms with Gasteiger partial charge in [-0.05, 0) is 19.1 Å². The molecule has 0 unspecified atom stereocenters. The molecule has 11 heteroatoms. The standard InChI is InChI=1S/C18H19FN2O7S/c1-11-8-21(18(24)20-16(11)22)15-7-14(29(25,26)10-19)13(28-15)9-27-17(23)12-5-3-2-4-6-12/h2-6,8,13-15H,7,9-10H2,1H3,(H,20,22,24)/t13-,14+,15-/m1/s1. The number of nitrogens with one attached hydrogen (secondary N) is 1. The third kappa shape index (κ3) is 4.46. The minimum Gasteiger partial charge on any atom is -0.459 e. The van der Waals surface area contributed by atoms with Crippen LogP contribution in [0.15, 0.2) is 46.1 Å². The second kappa shape index (κ2) is 8.29. The summed E-state index contributed by atoms with van der Waals surface area (Å²) in [7, 11) is -4.20. The lowest BCUT2D eigenvalue weighted by molar-refractivity contribution is -0.0336. The maximum absolute atomic E-state index is 13.1. The maximum Gasteiger partial charge on any atom is 0.338 e. The lowest BCUT2D eigenvalue weighted by Gasteiger charge is -2.18. The molecule has 3 rings (SSSR count). The number of sulfone groups is 1. The average molecular weight is 426 g/mol. The molecule has 0 bridgehead atoms. The Morgan fingerprint density at radius 1 is 1.31 bits per heavy atom. The van der Waals surface area contributed by atoms with E-state index in [0.29, 0.717) is 0 Å². The van der Waals surface area contributed by atoms with E-state index in [1.165, 1.54) is 25.3 Å². The lowest BCUT2D eigenvalue weighted by Crippen LogP contribution is -2.35. The van der Waals surface area contributed by atoms with Gasteiger partial charge in [0.25, 0.3) is 5.56 Å². The van der Waals surface area contributed by atoms with Gasteiger partial charge in [-0.15, -0.1) is 0 Å². The molecule has 1 aliphatic rings. The Labute approximate surface area is 165 Å². The van der Waals surface area contributed by atoms with Crippen molar-refractivity contribution in [2.75, 3.05) is 12.6 Å². The van der Waals surface area contributed by atoms with Crippen LogP contribution < -0.4 is 11.2 Å². The minimum absolute atomic E-state index is 0.219. The van der Waals surface area contributed by atoms with Crippen LogP contribution in [0, 0.1) is 6.92 Å². The molecule has 1 N–H and O–H groups in total. The second-order valence-corrected chi connectivity index (χ2v) is 8.77. The summed E-state index contributed by atoms with van der Waals surface area (Å²) >= 11 is 0. The number of aryl methyl sites for hydroxylation is 1. The van der Waals surface area contributed by atoms with Gasteiger partial charge in [-0.3, -0.25) is 14.3 Å². The Morgan fingerprint density at radius 3 is 2.66 bits per heavy atom. The highest BCUT2D eigenvalue weighted by Crippen LogP contribution is 2.33. The fraction of sp³-hybridized carbons (Fsp3) is 0.389. The molecule has 0 saturated carbocycles. The van der Waals surface area contributed by atoms with E-state index >= 15 is 0 Å². The molecule has 3 atom stereocenters. The van der Waals surface area contributed by atoms with Crippen LogP contribution in [0.1, 0.15) is 28.6 Å². The largest absolute Gasteiger partial charge is 0.459 e. The third-order valence-electron chi connectivity index (χ3n) is 4.64. The Bertz CT molecular complexity index is 1110. The van der Waals surface area contributed by atoms with Crippen LogP contribution in [0.2, 0.25) is 0 Å². The number of H-pyrrole nitrogens is 1. The summed E-state index contributed by atoms with van der Waals surface area (Å²) in [5.41, 5.74) is -0.883. The molecule has 29 heavy (non-hydrogen) atoms. The molecule has 0 spiro atoms. The van der Waals surface area contributed by atoms with E-state index in [0.717, 1.165) is 4.57 Å². The summed E-state index contributed by atoms with van der Waals surface area (Å²) in [6, 6.07) is 6.43. The van der Waals surface area contributed by atoms with E-state index in [2.05, 4.69) is 4.98 Å². The zero-order chi connectivity index (χ0) is 21.2. The Morgan fingerprint density at radius 2 is 2.00 bits per heavy atom. The van der Waals surface area contributed by atoms with E-state index in [-0.39, 0.29) is 17.5 Å². The van der Waals surface area contributed by atoms with Gasteiger partial charge >= 0.3 is 11.7 Å². The SMILES string of the molecule is Cc1cn([C@H]2C[C@H](S(=O)(=O)CF)[C@@H](COC(=O)c3ccccc3)O2)c(=O)[nH]c1=O. The van der Waals surface area contributed by atoms with Crippen molar-refractivity contribution in [2.45, 2.75) is 30.9 Å². The van der Waals surface area contributed by atoms with E-state index < -0.39 is 57.3 Å². The van der Waals surface area contributed by atoms with Crippen LogP contribution in [0.3, 0.4) is 0 Å². The van der Waals surface area contributed by atoms with Crippen molar-refractivity contribution in [3.63, 3.8) is 0 Å². The summed E-state index contributed by atoms with van der Waals surface area (Å²) in [6.45, 7) is 1.03. The van der Waals surface area contributed by atoms with E-state index in [4.69, 9.17) is 9.47 Å². The number of aromatic amines is 1.